The first-order chi connectivity index (χ1) is 10.6. The highest BCUT2D eigenvalue weighted by Gasteiger charge is 2.05. The van der Waals surface area contributed by atoms with Gasteiger partial charge in [-0.3, -0.25) is 0 Å². The van der Waals surface area contributed by atoms with Crippen molar-refractivity contribution in [2.24, 2.45) is 4.99 Å². The van der Waals surface area contributed by atoms with E-state index in [1.54, 1.807) is 22.7 Å². The Kier molecular flexibility index (Phi) is 6.33. The van der Waals surface area contributed by atoms with Crippen LogP contribution >= 0.6 is 22.7 Å². The number of rotatable bonds is 6. The second-order valence-corrected chi connectivity index (χ2v) is 7.36. The van der Waals surface area contributed by atoms with Crippen LogP contribution in [0.15, 0.2) is 11.2 Å². The molecule has 0 fully saturated rings. The predicted octanol–water partition coefficient (Wildman–Crippen LogP) is 3.03. The Labute approximate surface area is 139 Å². The molecule has 0 saturated heterocycles. The van der Waals surface area contributed by atoms with Crippen molar-refractivity contribution in [2.75, 3.05) is 6.54 Å². The minimum atomic E-state index is 0.607. The number of hydrogen-bond donors (Lipinski definition) is 2. The standard InChI is InChI=1S/C15H23N5S2/c1-5-12-7-17-13(22-12)8-18-15(16-6-2)19-9-14-20-10(3)11(4)21-14/h7H,5-6,8-9H2,1-4H3,(H2,16,18,19). The van der Waals surface area contributed by atoms with E-state index in [1.165, 1.54) is 9.75 Å². The van der Waals surface area contributed by atoms with Crippen LogP contribution in [0.1, 0.15) is 39.3 Å². The molecule has 22 heavy (non-hydrogen) atoms. The zero-order chi connectivity index (χ0) is 15.9. The maximum Gasteiger partial charge on any atom is 0.192 e. The van der Waals surface area contributed by atoms with E-state index in [0.29, 0.717) is 13.1 Å². The van der Waals surface area contributed by atoms with Crippen LogP contribution < -0.4 is 10.6 Å². The van der Waals surface area contributed by atoms with E-state index < -0.39 is 0 Å². The molecular weight excluding hydrogens is 314 g/mol. The van der Waals surface area contributed by atoms with Crippen molar-refractivity contribution >= 4 is 28.6 Å². The largest absolute Gasteiger partial charge is 0.357 e. The fourth-order valence-electron chi connectivity index (χ4n) is 1.85. The van der Waals surface area contributed by atoms with Gasteiger partial charge in [-0.2, -0.15) is 0 Å². The van der Waals surface area contributed by atoms with Crippen LogP contribution in [0.3, 0.4) is 0 Å². The third-order valence-electron chi connectivity index (χ3n) is 3.15. The quantitative estimate of drug-likeness (QED) is 0.628. The number of hydrogen-bond acceptors (Lipinski definition) is 5. The van der Waals surface area contributed by atoms with Crippen LogP contribution in [-0.4, -0.2) is 22.5 Å². The van der Waals surface area contributed by atoms with Gasteiger partial charge < -0.3 is 10.6 Å². The Bertz CT molecular complexity index is 610. The van der Waals surface area contributed by atoms with Gasteiger partial charge in [-0.15, -0.1) is 22.7 Å². The number of aryl methyl sites for hydroxylation is 3. The molecule has 2 N–H and O–H groups in total. The maximum absolute atomic E-state index is 4.59. The summed E-state index contributed by atoms with van der Waals surface area (Å²) in [4.78, 5) is 16.1. The fraction of sp³-hybridized carbons (Fsp3) is 0.533. The van der Waals surface area contributed by atoms with Crippen molar-refractivity contribution in [1.29, 1.82) is 0 Å². The second kappa shape index (κ2) is 8.24. The summed E-state index contributed by atoms with van der Waals surface area (Å²) >= 11 is 3.46. The zero-order valence-corrected chi connectivity index (χ0v) is 15.2. The summed E-state index contributed by atoms with van der Waals surface area (Å²) in [6, 6.07) is 0. The number of thiazole rings is 2. The number of guanidine groups is 1. The van der Waals surface area contributed by atoms with Gasteiger partial charge in [0.25, 0.3) is 0 Å². The van der Waals surface area contributed by atoms with Gasteiger partial charge in [-0.25, -0.2) is 15.0 Å². The highest BCUT2D eigenvalue weighted by atomic mass is 32.1. The summed E-state index contributed by atoms with van der Waals surface area (Å²) in [6.07, 6.45) is 2.97. The Morgan fingerprint density at radius 3 is 2.59 bits per heavy atom. The van der Waals surface area contributed by atoms with Crippen LogP contribution in [0.25, 0.3) is 0 Å². The molecule has 0 bridgehead atoms. The lowest BCUT2D eigenvalue weighted by molar-refractivity contribution is 0.809. The molecule has 2 rings (SSSR count). The molecule has 0 aliphatic carbocycles. The van der Waals surface area contributed by atoms with E-state index >= 15 is 0 Å². The number of aromatic nitrogens is 2. The molecule has 0 aliphatic heterocycles. The minimum Gasteiger partial charge on any atom is -0.357 e. The van der Waals surface area contributed by atoms with Gasteiger partial charge in [0.1, 0.15) is 10.0 Å². The van der Waals surface area contributed by atoms with Crippen molar-refractivity contribution in [3.05, 3.63) is 31.7 Å². The Morgan fingerprint density at radius 2 is 2.00 bits per heavy atom. The molecular formula is C15H23N5S2. The van der Waals surface area contributed by atoms with Crippen LogP contribution in [0.2, 0.25) is 0 Å². The normalized spacial score (nSPS) is 11.7. The molecule has 0 aliphatic rings. The Balaban J connectivity index is 1.94. The van der Waals surface area contributed by atoms with Gasteiger partial charge in [-0.05, 0) is 27.2 Å². The van der Waals surface area contributed by atoms with E-state index in [2.05, 4.69) is 46.4 Å². The van der Waals surface area contributed by atoms with Gasteiger partial charge in [-0.1, -0.05) is 6.92 Å². The number of aliphatic imine (C=N–C) groups is 1. The lowest BCUT2D eigenvalue weighted by Crippen LogP contribution is -2.36. The predicted molar refractivity (Wildman–Crippen MR) is 94.7 cm³/mol. The first-order valence-electron chi connectivity index (χ1n) is 7.51. The first kappa shape index (κ1) is 16.9. The van der Waals surface area contributed by atoms with Crippen LogP contribution in [0, 0.1) is 13.8 Å². The molecule has 0 spiro atoms. The molecule has 0 radical (unpaired) electrons. The van der Waals surface area contributed by atoms with E-state index in [9.17, 15) is 0 Å². The molecule has 2 aromatic heterocycles. The lowest BCUT2D eigenvalue weighted by atomic mass is 10.4. The third kappa shape index (κ3) is 4.78. The first-order valence-corrected chi connectivity index (χ1v) is 9.14. The second-order valence-electron chi connectivity index (χ2n) is 4.87. The molecule has 0 unspecified atom stereocenters. The van der Waals surface area contributed by atoms with E-state index in [0.717, 1.165) is 34.6 Å². The summed E-state index contributed by atoms with van der Waals surface area (Å²) in [5.41, 5.74) is 1.11. The zero-order valence-electron chi connectivity index (χ0n) is 13.6. The van der Waals surface area contributed by atoms with Gasteiger partial charge >= 0.3 is 0 Å². The molecule has 2 aromatic rings. The van der Waals surface area contributed by atoms with Gasteiger partial charge in [0.05, 0.1) is 18.8 Å². The molecule has 0 amide bonds. The average Bonchev–Trinajstić information content (AvgIpc) is 3.09. The lowest BCUT2D eigenvalue weighted by Gasteiger charge is -2.09. The smallest absolute Gasteiger partial charge is 0.192 e. The van der Waals surface area contributed by atoms with Gasteiger partial charge in [0.15, 0.2) is 5.96 Å². The summed E-state index contributed by atoms with van der Waals surface area (Å²) < 4.78 is 0. The van der Waals surface area contributed by atoms with Crippen LogP contribution in [0.5, 0.6) is 0 Å². The van der Waals surface area contributed by atoms with E-state index in [4.69, 9.17) is 0 Å². The summed E-state index contributed by atoms with van der Waals surface area (Å²) in [5.74, 6) is 0.807. The molecule has 0 atom stereocenters. The highest BCUT2D eigenvalue weighted by Crippen LogP contribution is 2.16. The number of nitrogens with one attached hydrogen (secondary N) is 2. The molecule has 2 heterocycles. The summed E-state index contributed by atoms with van der Waals surface area (Å²) in [6.45, 7) is 10.5. The highest BCUT2D eigenvalue weighted by molar-refractivity contribution is 7.11. The Hall–Kier alpha value is -1.47. The molecule has 7 heteroatoms. The maximum atomic E-state index is 4.59. The van der Waals surface area contributed by atoms with Crippen molar-refractivity contribution in [2.45, 2.75) is 47.2 Å². The monoisotopic (exact) mass is 337 g/mol. The molecule has 0 aromatic carbocycles. The summed E-state index contributed by atoms with van der Waals surface area (Å²) in [7, 11) is 0. The van der Waals surface area contributed by atoms with Crippen molar-refractivity contribution < 1.29 is 0 Å². The van der Waals surface area contributed by atoms with E-state index in [-0.39, 0.29) is 0 Å². The van der Waals surface area contributed by atoms with Gasteiger partial charge in [0, 0.05) is 22.5 Å². The van der Waals surface area contributed by atoms with Crippen LogP contribution in [-0.2, 0) is 19.5 Å². The Morgan fingerprint density at radius 1 is 1.18 bits per heavy atom. The van der Waals surface area contributed by atoms with E-state index in [1.807, 2.05) is 13.1 Å². The molecule has 120 valence electrons. The topological polar surface area (TPSA) is 62.2 Å². The minimum absolute atomic E-state index is 0.607. The third-order valence-corrected chi connectivity index (χ3v) is 5.35. The fourth-order valence-corrected chi connectivity index (χ4v) is 3.51. The number of nitrogens with zero attached hydrogens (tertiary/aromatic N) is 3. The molecule has 0 saturated carbocycles. The van der Waals surface area contributed by atoms with Crippen LogP contribution in [0.4, 0.5) is 0 Å². The summed E-state index contributed by atoms with van der Waals surface area (Å²) in [5, 5.41) is 8.73. The van der Waals surface area contributed by atoms with Crippen molar-refractivity contribution in [1.82, 2.24) is 20.6 Å². The molecule has 5 nitrogen and oxygen atoms in total. The van der Waals surface area contributed by atoms with Crippen molar-refractivity contribution in [3.63, 3.8) is 0 Å². The SMILES string of the molecule is CCNC(=NCc1ncc(CC)s1)NCc1nc(C)c(C)s1. The average molecular weight is 338 g/mol. The van der Waals surface area contributed by atoms with Crippen molar-refractivity contribution in [3.8, 4) is 0 Å². The van der Waals surface area contributed by atoms with Gasteiger partial charge in [0.2, 0.25) is 0 Å².